The summed E-state index contributed by atoms with van der Waals surface area (Å²) in [6, 6.07) is 10.8. The summed E-state index contributed by atoms with van der Waals surface area (Å²) in [5.41, 5.74) is 7.87. The van der Waals surface area contributed by atoms with Gasteiger partial charge >= 0.3 is 0 Å². The zero-order chi connectivity index (χ0) is 16.8. The van der Waals surface area contributed by atoms with Crippen molar-refractivity contribution in [3.63, 3.8) is 0 Å². The first-order valence-electron chi connectivity index (χ1n) is 9.37. The fraction of sp³-hybridized carbons (Fsp3) is 0.550. The number of H-pyrrole nitrogens is 1. The molecule has 2 aromatic rings. The summed E-state index contributed by atoms with van der Waals surface area (Å²) >= 11 is 0. The number of hydrogen-bond donors (Lipinski definition) is 2. The van der Waals surface area contributed by atoms with Crippen molar-refractivity contribution in [1.29, 1.82) is 0 Å². The van der Waals surface area contributed by atoms with Crippen LogP contribution < -0.4 is 5.73 Å². The van der Waals surface area contributed by atoms with E-state index >= 15 is 0 Å². The van der Waals surface area contributed by atoms with Crippen molar-refractivity contribution in [2.75, 3.05) is 13.1 Å². The van der Waals surface area contributed by atoms with Crippen molar-refractivity contribution >= 4 is 16.8 Å². The number of unbranched alkanes of at least 4 members (excludes halogenated alkanes) is 3. The molecule has 1 amide bonds. The number of nitrogens with zero attached hydrogens (tertiary/aromatic N) is 1. The number of aromatic nitrogens is 1. The van der Waals surface area contributed by atoms with Crippen molar-refractivity contribution in [2.24, 2.45) is 5.73 Å². The van der Waals surface area contributed by atoms with Gasteiger partial charge in [0.15, 0.2) is 0 Å². The van der Waals surface area contributed by atoms with E-state index in [9.17, 15) is 4.79 Å². The molecule has 24 heavy (non-hydrogen) atoms. The van der Waals surface area contributed by atoms with Crippen LogP contribution in [0.2, 0.25) is 0 Å². The molecule has 0 saturated carbocycles. The van der Waals surface area contributed by atoms with E-state index in [0.29, 0.717) is 12.3 Å². The monoisotopic (exact) mass is 327 g/mol. The molecule has 1 unspecified atom stereocenters. The Morgan fingerprint density at radius 3 is 2.83 bits per heavy atom. The summed E-state index contributed by atoms with van der Waals surface area (Å²) in [6.07, 6.45) is 8.33. The number of likely N-dealkylation sites (tertiary alicyclic amines) is 1. The second-order valence-corrected chi connectivity index (χ2v) is 6.86. The molecule has 4 heteroatoms. The first-order valence-corrected chi connectivity index (χ1v) is 9.37. The third-order valence-electron chi connectivity index (χ3n) is 5.08. The molecule has 0 radical (unpaired) electrons. The molecule has 3 rings (SSSR count). The summed E-state index contributed by atoms with van der Waals surface area (Å²) in [5, 5.41) is 1.23. The first-order chi connectivity index (χ1) is 11.8. The lowest BCUT2D eigenvalue weighted by Crippen LogP contribution is -2.38. The molecule has 2 heterocycles. The number of amides is 1. The minimum absolute atomic E-state index is 0.211. The minimum atomic E-state index is 0.211. The number of rotatable bonds is 7. The highest BCUT2D eigenvalue weighted by Crippen LogP contribution is 2.32. The van der Waals surface area contributed by atoms with Crippen LogP contribution in [0.5, 0.6) is 0 Å². The third kappa shape index (κ3) is 3.99. The van der Waals surface area contributed by atoms with Crippen LogP contribution in [-0.2, 0) is 4.79 Å². The summed E-state index contributed by atoms with van der Waals surface area (Å²) < 4.78 is 0. The van der Waals surface area contributed by atoms with Crippen molar-refractivity contribution in [3.8, 4) is 0 Å². The number of benzene rings is 1. The van der Waals surface area contributed by atoms with E-state index in [1.807, 2.05) is 6.07 Å². The van der Waals surface area contributed by atoms with Gasteiger partial charge in [-0.15, -0.1) is 0 Å². The zero-order valence-corrected chi connectivity index (χ0v) is 14.5. The van der Waals surface area contributed by atoms with Crippen molar-refractivity contribution in [2.45, 2.75) is 57.4 Å². The normalized spacial score (nSPS) is 18.2. The topological polar surface area (TPSA) is 62.1 Å². The number of para-hydroxylation sites is 1. The summed E-state index contributed by atoms with van der Waals surface area (Å²) in [6.45, 7) is 1.64. The Morgan fingerprint density at radius 1 is 1.17 bits per heavy atom. The first kappa shape index (κ1) is 17.0. The number of aromatic amines is 1. The van der Waals surface area contributed by atoms with Gasteiger partial charge in [0.2, 0.25) is 5.91 Å². The molecule has 0 spiro atoms. The van der Waals surface area contributed by atoms with Crippen LogP contribution in [0.15, 0.2) is 30.3 Å². The van der Waals surface area contributed by atoms with Gasteiger partial charge in [-0.05, 0) is 56.2 Å². The molecule has 4 nitrogen and oxygen atoms in total. The zero-order valence-electron chi connectivity index (χ0n) is 14.5. The van der Waals surface area contributed by atoms with Gasteiger partial charge in [0.1, 0.15) is 0 Å². The van der Waals surface area contributed by atoms with E-state index < -0.39 is 0 Å². The Morgan fingerprint density at radius 2 is 2.00 bits per heavy atom. The molecule has 0 aliphatic carbocycles. The van der Waals surface area contributed by atoms with Gasteiger partial charge in [0.25, 0.3) is 0 Å². The standard InChI is InChI=1S/C20H29N3O/c21-13-7-2-1-3-12-20(24)23-14-8-6-11-19(23)18-15-16-9-4-5-10-17(16)22-18/h4-5,9-10,15,19,22H,1-3,6-8,11-14,21H2. The van der Waals surface area contributed by atoms with Gasteiger partial charge in [-0.3, -0.25) is 4.79 Å². The Kier molecular flexibility index (Phi) is 5.91. The molecule has 130 valence electrons. The Hall–Kier alpha value is -1.81. The van der Waals surface area contributed by atoms with Gasteiger partial charge < -0.3 is 15.6 Å². The average molecular weight is 327 g/mol. The van der Waals surface area contributed by atoms with Crippen LogP contribution in [0.1, 0.15) is 63.1 Å². The molecule has 1 aliphatic heterocycles. The fourth-order valence-corrected chi connectivity index (χ4v) is 3.75. The quantitative estimate of drug-likeness (QED) is 0.751. The number of hydrogen-bond acceptors (Lipinski definition) is 2. The molecule has 1 saturated heterocycles. The van der Waals surface area contributed by atoms with Crippen molar-refractivity contribution in [1.82, 2.24) is 9.88 Å². The fourth-order valence-electron chi connectivity index (χ4n) is 3.75. The highest BCUT2D eigenvalue weighted by atomic mass is 16.2. The molecule has 0 bridgehead atoms. The molecular formula is C20H29N3O. The van der Waals surface area contributed by atoms with Gasteiger partial charge in [0, 0.05) is 24.2 Å². The molecule has 3 N–H and O–H groups in total. The largest absolute Gasteiger partial charge is 0.357 e. The van der Waals surface area contributed by atoms with Crippen LogP contribution >= 0.6 is 0 Å². The van der Waals surface area contributed by atoms with Crippen LogP contribution in [-0.4, -0.2) is 28.9 Å². The molecular weight excluding hydrogens is 298 g/mol. The lowest BCUT2D eigenvalue weighted by Gasteiger charge is -2.35. The van der Waals surface area contributed by atoms with Gasteiger partial charge in [-0.25, -0.2) is 0 Å². The number of carbonyl (C=O) groups is 1. The summed E-state index contributed by atoms with van der Waals surface area (Å²) in [7, 11) is 0. The maximum Gasteiger partial charge on any atom is 0.223 e. The van der Waals surface area contributed by atoms with E-state index in [-0.39, 0.29) is 6.04 Å². The lowest BCUT2D eigenvalue weighted by molar-refractivity contribution is -0.135. The van der Waals surface area contributed by atoms with E-state index in [0.717, 1.165) is 57.1 Å². The molecule has 1 atom stereocenters. The van der Waals surface area contributed by atoms with Crippen molar-refractivity contribution < 1.29 is 4.79 Å². The SMILES string of the molecule is NCCCCCCC(=O)N1CCCCC1c1cc2ccccc2[nH]1. The van der Waals surface area contributed by atoms with Crippen LogP contribution in [0.4, 0.5) is 0 Å². The van der Waals surface area contributed by atoms with Gasteiger partial charge in [-0.2, -0.15) is 0 Å². The predicted octanol–water partition coefficient (Wildman–Crippen LogP) is 4.13. The molecule has 1 aromatic carbocycles. The number of piperidine rings is 1. The average Bonchev–Trinajstić information content (AvgIpc) is 3.05. The second kappa shape index (κ2) is 8.34. The van der Waals surface area contributed by atoms with Gasteiger partial charge in [-0.1, -0.05) is 31.0 Å². The Labute approximate surface area is 144 Å². The highest BCUT2D eigenvalue weighted by Gasteiger charge is 2.28. The predicted molar refractivity (Wildman–Crippen MR) is 98.7 cm³/mol. The Balaban J connectivity index is 1.65. The third-order valence-corrected chi connectivity index (χ3v) is 5.08. The summed E-state index contributed by atoms with van der Waals surface area (Å²) in [4.78, 5) is 18.4. The molecule has 1 aliphatic rings. The smallest absolute Gasteiger partial charge is 0.223 e. The number of fused-ring (bicyclic) bond motifs is 1. The number of carbonyl (C=O) groups excluding carboxylic acids is 1. The van der Waals surface area contributed by atoms with Crippen LogP contribution in [0, 0.1) is 0 Å². The van der Waals surface area contributed by atoms with Crippen LogP contribution in [0.3, 0.4) is 0 Å². The van der Waals surface area contributed by atoms with E-state index in [1.54, 1.807) is 0 Å². The highest BCUT2D eigenvalue weighted by molar-refractivity contribution is 5.81. The van der Waals surface area contributed by atoms with Crippen molar-refractivity contribution in [3.05, 3.63) is 36.0 Å². The maximum atomic E-state index is 12.7. The van der Waals surface area contributed by atoms with Crippen LogP contribution in [0.25, 0.3) is 10.9 Å². The minimum Gasteiger partial charge on any atom is -0.357 e. The van der Waals surface area contributed by atoms with Gasteiger partial charge in [0.05, 0.1) is 6.04 Å². The Bertz CT molecular complexity index is 631. The summed E-state index contributed by atoms with van der Waals surface area (Å²) in [5.74, 6) is 0.311. The maximum absolute atomic E-state index is 12.7. The second-order valence-electron chi connectivity index (χ2n) is 6.86. The molecule has 1 aromatic heterocycles. The molecule has 1 fully saturated rings. The lowest BCUT2D eigenvalue weighted by atomic mass is 9.98. The number of nitrogens with two attached hydrogens (primary N) is 1. The number of nitrogens with one attached hydrogen (secondary N) is 1. The van der Waals surface area contributed by atoms with E-state index in [1.165, 1.54) is 17.5 Å². The van der Waals surface area contributed by atoms with E-state index in [2.05, 4.69) is 34.1 Å². The van der Waals surface area contributed by atoms with E-state index in [4.69, 9.17) is 5.73 Å².